The maximum atomic E-state index is 12.5. The van der Waals surface area contributed by atoms with Crippen molar-refractivity contribution in [1.29, 1.82) is 0 Å². The van der Waals surface area contributed by atoms with Gasteiger partial charge in [-0.25, -0.2) is 0 Å². The Morgan fingerprint density at radius 1 is 0.368 bits per heavy atom. The first-order valence-electron chi connectivity index (χ1n) is 26.3. The van der Waals surface area contributed by atoms with Crippen LogP contribution in [0.4, 0.5) is 0 Å². The lowest BCUT2D eigenvalue weighted by Gasteiger charge is -2.26. The number of unbranched alkanes of at least 4 members (excludes halogenated alkanes) is 41. The number of rotatable bonds is 49. The molecule has 0 aliphatic carbocycles. The number of carbonyl (C=O) groups excluding carboxylic acids is 1. The molecule has 0 radical (unpaired) electrons. The molecular weight excluding hydrogens is 703 g/mol. The van der Waals surface area contributed by atoms with Crippen LogP contribution in [0.15, 0.2) is 0 Å². The Balaban J connectivity index is 3.52. The van der Waals surface area contributed by atoms with Crippen molar-refractivity contribution in [3.63, 3.8) is 0 Å². The van der Waals surface area contributed by atoms with Crippen LogP contribution >= 0.6 is 0 Å². The van der Waals surface area contributed by atoms with E-state index in [9.17, 15) is 20.1 Å². The zero-order valence-corrected chi connectivity index (χ0v) is 39.0. The van der Waals surface area contributed by atoms with Crippen molar-refractivity contribution in [2.24, 2.45) is 0 Å². The lowest BCUT2D eigenvalue weighted by molar-refractivity contribution is -0.124. The van der Waals surface area contributed by atoms with Gasteiger partial charge in [0.25, 0.3) is 0 Å². The van der Waals surface area contributed by atoms with Gasteiger partial charge in [-0.3, -0.25) is 4.79 Å². The van der Waals surface area contributed by atoms with E-state index in [0.29, 0.717) is 12.8 Å². The van der Waals surface area contributed by atoms with Gasteiger partial charge in [-0.05, 0) is 12.8 Å². The quantitative estimate of drug-likeness (QED) is 0.0461. The predicted octanol–water partition coefficient (Wildman–Crippen LogP) is 15.8. The molecule has 0 bridgehead atoms. The topological polar surface area (TPSA) is 89.8 Å². The third-order valence-corrected chi connectivity index (χ3v) is 12.7. The molecule has 0 aliphatic rings. The molecule has 0 aromatic carbocycles. The molecule has 0 heterocycles. The van der Waals surface area contributed by atoms with Crippen molar-refractivity contribution in [2.45, 2.75) is 321 Å². The highest BCUT2D eigenvalue weighted by atomic mass is 16.3. The minimum absolute atomic E-state index is 0.137. The Morgan fingerprint density at radius 3 is 0.842 bits per heavy atom. The molecule has 57 heavy (non-hydrogen) atoms. The van der Waals surface area contributed by atoms with E-state index >= 15 is 0 Å². The summed E-state index contributed by atoms with van der Waals surface area (Å²) in [4.78, 5) is 12.5. The Bertz CT molecular complexity index is 762. The molecule has 0 saturated carbocycles. The highest BCUT2D eigenvalue weighted by Gasteiger charge is 2.26. The van der Waals surface area contributed by atoms with E-state index in [1.165, 1.54) is 244 Å². The second kappa shape index (κ2) is 48.0. The summed E-state index contributed by atoms with van der Waals surface area (Å²) in [5.41, 5.74) is 0. The summed E-state index contributed by atoms with van der Waals surface area (Å²) in [6.07, 6.45) is 56.7. The van der Waals surface area contributed by atoms with Crippen LogP contribution in [0.25, 0.3) is 0 Å². The minimum Gasteiger partial charge on any atom is -0.394 e. The summed E-state index contributed by atoms with van der Waals surface area (Å²) < 4.78 is 0. The number of hydrogen-bond acceptors (Lipinski definition) is 4. The average molecular weight is 808 g/mol. The van der Waals surface area contributed by atoms with Gasteiger partial charge in [-0.15, -0.1) is 0 Å². The molecular formula is C52H105NO4. The van der Waals surface area contributed by atoms with Gasteiger partial charge < -0.3 is 20.6 Å². The monoisotopic (exact) mass is 808 g/mol. The molecule has 0 rings (SSSR count). The number of aliphatic hydroxyl groups is 3. The Morgan fingerprint density at radius 2 is 0.596 bits per heavy atom. The van der Waals surface area contributed by atoms with Crippen LogP contribution in [-0.4, -0.2) is 46.1 Å². The van der Waals surface area contributed by atoms with Gasteiger partial charge in [0, 0.05) is 6.42 Å². The van der Waals surface area contributed by atoms with Crippen molar-refractivity contribution >= 4 is 5.91 Å². The van der Waals surface area contributed by atoms with Gasteiger partial charge in [0.2, 0.25) is 5.91 Å². The lowest BCUT2D eigenvalue weighted by atomic mass is 9.99. The molecule has 342 valence electrons. The molecule has 3 atom stereocenters. The highest BCUT2D eigenvalue weighted by molar-refractivity contribution is 5.76. The van der Waals surface area contributed by atoms with Crippen molar-refractivity contribution in [1.82, 2.24) is 5.32 Å². The molecule has 4 N–H and O–H groups in total. The Kier molecular flexibility index (Phi) is 47.5. The number of carbonyl (C=O) groups is 1. The maximum absolute atomic E-state index is 12.5. The predicted molar refractivity (Wildman–Crippen MR) is 250 cm³/mol. The zero-order valence-electron chi connectivity index (χ0n) is 39.0. The van der Waals surface area contributed by atoms with Gasteiger partial charge >= 0.3 is 0 Å². The fourth-order valence-corrected chi connectivity index (χ4v) is 8.64. The van der Waals surface area contributed by atoms with Crippen LogP contribution in [0.5, 0.6) is 0 Å². The fourth-order valence-electron chi connectivity index (χ4n) is 8.64. The van der Waals surface area contributed by atoms with Crippen LogP contribution in [0.1, 0.15) is 303 Å². The molecule has 0 aliphatic heterocycles. The standard InChI is InChI=1S/C52H105NO4/c1-3-5-7-9-11-13-15-17-19-21-23-25-26-27-28-30-32-34-36-38-40-42-44-46-50(55)52(57)49(48-54)53-51(56)47-45-43-41-39-37-35-33-31-29-24-22-20-18-16-14-12-10-8-6-4-2/h49-50,52,54-55,57H,3-48H2,1-2H3,(H,53,56). The summed E-state index contributed by atoms with van der Waals surface area (Å²) in [6.45, 7) is 4.22. The third kappa shape index (κ3) is 43.3. The van der Waals surface area contributed by atoms with Crippen LogP contribution in [0.2, 0.25) is 0 Å². The molecule has 0 spiro atoms. The SMILES string of the molecule is CCCCCCCCCCCCCCCCCCCCCCCCCC(O)C(O)C(CO)NC(=O)CCCCCCCCCCCCCCCCCCCCCC. The van der Waals surface area contributed by atoms with Gasteiger partial charge in [0.15, 0.2) is 0 Å². The third-order valence-electron chi connectivity index (χ3n) is 12.7. The normalized spacial score (nSPS) is 13.3. The molecule has 0 aromatic heterocycles. The van der Waals surface area contributed by atoms with E-state index in [2.05, 4.69) is 19.2 Å². The van der Waals surface area contributed by atoms with Crippen molar-refractivity contribution in [2.75, 3.05) is 6.61 Å². The second-order valence-corrected chi connectivity index (χ2v) is 18.4. The zero-order chi connectivity index (χ0) is 41.5. The molecule has 0 fully saturated rings. The van der Waals surface area contributed by atoms with Crippen LogP contribution in [0.3, 0.4) is 0 Å². The smallest absolute Gasteiger partial charge is 0.220 e. The summed E-state index contributed by atoms with van der Waals surface area (Å²) >= 11 is 0. The van der Waals surface area contributed by atoms with Crippen LogP contribution < -0.4 is 5.32 Å². The average Bonchev–Trinajstić information content (AvgIpc) is 3.22. The van der Waals surface area contributed by atoms with E-state index in [4.69, 9.17) is 0 Å². The van der Waals surface area contributed by atoms with Gasteiger partial charge in [0.1, 0.15) is 6.10 Å². The maximum Gasteiger partial charge on any atom is 0.220 e. The van der Waals surface area contributed by atoms with E-state index in [-0.39, 0.29) is 12.5 Å². The first-order chi connectivity index (χ1) is 28.1. The molecule has 3 unspecified atom stereocenters. The Hall–Kier alpha value is -0.650. The number of nitrogens with one attached hydrogen (secondary N) is 1. The first-order valence-corrected chi connectivity index (χ1v) is 26.3. The number of amides is 1. The Labute approximate surface area is 357 Å². The molecule has 5 nitrogen and oxygen atoms in total. The van der Waals surface area contributed by atoms with E-state index in [0.717, 1.165) is 32.1 Å². The fraction of sp³-hybridized carbons (Fsp3) is 0.981. The van der Waals surface area contributed by atoms with Gasteiger partial charge in [0.05, 0.1) is 18.8 Å². The van der Waals surface area contributed by atoms with Crippen molar-refractivity contribution in [3.8, 4) is 0 Å². The number of hydrogen-bond donors (Lipinski definition) is 4. The summed E-state index contributed by atoms with van der Waals surface area (Å²) in [6, 6.07) is -0.804. The minimum atomic E-state index is -1.13. The molecule has 0 aromatic rings. The number of aliphatic hydroxyl groups excluding tert-OH is 3. The highest BCUT2D eigenvalue weighted by Crippen LogP contribution is 2.18. The lowest BCUT2D eigenvalue weighted by Crippen LogP contribution is -2.50. The first kappa shape index (κ1) is 56.4. The van der Waals surface area contributed by atoms with Crippen molar-refractivity contribution < 1.29 is 20.1 Å². The van der Waals surface area contributed by atoms with E-state index in [1.54, 1.807) is 0 Å². The van der Waals surface area contributed by atoms with Crippen LogP contribution in [0, 0.1) is 0 Å². The van der Waals surface area contributed by atoms with E-state index < -0.39 is 18.2 Å². The van der Waals surface area contributed by atoms with E-state index in [1.807, 2.05) is 0 Å². The van der Waals surface area contributed by atoms with Crippen molar-refractivity contribution in [3.05, 3.63) is 0 Å². The molecule has 1 amide bonds. The summed E-state index contributed by atoms with van der Waals surface area (Å²) in [7, 11) is 0. The largest absolute Gasteiger partial charge is 0.394 e. The van der Waals surface area contributed by atoms with Crippen LogP contribution in [-0.2, 0) is 4.79 Å². The molecule has 0 saturated heterocycles. The summed E-state index contributed by atoms with van der Waals surface area (Å²) in [5, 5.41) is 33.7. The van der Waals surface area contributed by atoms with Gasteiger partial charge in [-0.1, -0.05) is 284 Å². The molecule has 5 heteroatoms. The van der Waals surface area contributed by atoms with Gasteiger partial charge in [-0.2, -0.15) is 0 Å². The second-order valence-electron chi connectivity index (χ2n) is 18.4. The summed E-state index contributed by atoms with van der Waals surface area (Å²) in [5.74, 6) is -0.137.